The third-order valence-electron chi connectivity index (χ3n) is 2.56. The van der Waals surface area contributed by atoms with Crippen molar-refractivity contribution in [2.75, 3.05) is 0 Å². The van der Waals surface area contributed by atoms with Gasteiger partial charge in [-0.25, -0.2) is 4.79 Å². The molecule has 0 aliphatic heterocycles. The van der Waals surface area contributed by atoms with Gasteiger partial charge in [-0.1, -0.05) is 0 Å². The molecule has 0 fully saturated rings. The van der Waals surface area contributed by atoms with Gasteiger partial charge < -0.3 is 9.52 Å². The number of carboxylic acid groups (broad SMARTS) is 1. The molecule has 1 heterocycles. The quantitative estimate of drug-likeness (QED) is 0.720. The highest BCUT2D eigenvalue weighted by Crippen LogP contribution is 2.29. The third kappa shape index (κ3) is 1.24. The topological polar surface area (TPSA) is 50.4 Å². The summed E-state index contributed by atoms with van der Waals surface area (Å²) in [6.45, 7) is 1.72. The summed E-state index contributed by atoms with van der Waals surface area (Å²) in [6.07, 6.45) is 3.93. The average Bonchev–Trinajstić information content (AvgIpc) is 2.39. The summed E-state index contributed by atoms with van der Waals surface area (Å²) in [4.78, 5) is 10.9. The van der Waals surface area contributed by atoms with Crippen LogP contribution in [0.25, 0.3) is 0 Å². The number of furan rings is 1. The van der Waals surface area contributed by atoms with Crippen LogP contribution in [0.4, 0.5) is 0 Å². The Bertz CT molecular complexity index is 349. The van der Waals surface area contributed by atoms with Crippen LogP contribution in [-0.4, -0.2) is 11.1 Å². The summed E-state index contributed by atoms with van der Waals surface area (Å²) in [5.41, 5.74) is 1.32. The molecule has 1 aromatic rings. The van der Waals surface area contributed by atoms with Gasteiger partial charge in [0.1, 0.15) is 17.1 Å². The Morgan fingerprint density at radius 1 is 1.38 bits per heavy atom. The molecule has 0 amide bonds. The van der Waals surface area contributed by atoms with Crippen LogP contribution in [0.1, 0.15) is 40.3 Å². The van der Waals surface area contributed by atoms with E-state index < -0.39 is 5.97 Å². The zero-order valence-electron chi connectivity index (χ0n) is 7.59. The first-order valence-electron chi connectivity index (χ1n) is 4.54. The molecule has 0 saturated heterocycles. The van der Waals surface area contributed by atoms with Crippen LogP contribution in [0, 0.1) is 6.92 Å². The maximum Gasteiger partial charge on any atom is 0.339 e. The van der Waals surface area contributed by atoms with E-state index in [1.54, 1.807) is 6.92 Å². The molecular formula is C10H12O3. The van der Waals surface area contributed by atoms with E-state index in [-0.39, 0.29) is 0 Å². The van der Waals surface area contributed by atoms with Gasteiger partial charge in [0, 0.05) is 12.0 Å². The lowest BCUT2D eigenvalue weighted by Gasteiger charge is -2.08. The van der Waals surface area contributed by atoms with Crippen molar-refractivity contribution in [3.8, 4) is 0 Å². The summed E-state index contributed by atoms with van der Waals surface area (Å²) in [5, 5.41) is 8.95. The van der Waals surface area contributed by atoms with Crippen molar-refractivity contribution in [2.45, 2.75) is 32.6 Å². The normalized spacial score (nSPS) is 15.5. The number of hydrogen-bond donors (Lipinski definition) is 1. The first-order valence-corrected chi connectivity index (χ1v) is 4.54. The van der Waals surface area contributed by atoms with E-state index in [1.807, 2.05) is 0 Å². The molecule has 0 unspecified atom stereocenters. The van der Waals surface area contributed by atoms with Crippen LogP contribution in [0.2, 0.25) is 0 Å². The number of carboxylic acids is 1. The highest BCUT2D eigenvalue weighted by molar-refractivity contribution is 5.90. The van der Waals surface area contributed by atoms with Crippen LogP contribution in [-0.2, 0) is 12.8 Å². The van der Waals surface area contributed by atoms with Gasteiger partial charge in [0.2, 0.25) is 0 Å². The van der Waals surface area contributed by atoms with Gasteiger partial charge in [-0.3, -0.25) is 0 Å². The van der Waals surface area contributed by atoms with Crippen LogP contribution < -0.4 is 0 Å². The van der Waals surface area contributed by atoms with Crippen LogP contribution in [0.15, 0.2) is 4.42 Å². The van der Waals surface area contributed by atoms with E-state index >= 15 is 0 Å². The number of carbonyl (C=O) groups is 1. The Labute approximate surface area is 76.4 Å². The maximum atomic E-state index is 10.9. The molecule has 3 nitrogen and oxygen atoms in total. The standard InChI is InChI=1S/C10H12O3/c1-6-9(10(11)12)7-4-2-3-5-8(7)13-6/h2-5H2,1H3,(H,11,12). The minimum absolute atomic E-state index is 0.398. The molecule has 0 radical (unpaired) electrons. The van der Waals surface area contributed by atoms with Crippen molar-refractivity contribution in [2.24, 2.45) is 0 Å². The van der Waals surface area contributed by atoms with Gasteiger partial charge in [0.25, 0.3) is 0 Å². The van der Waals surface area contributed by atoms with Crippen molar-refractivity contribution in [1.29, 1.82) is 0 Å². The van der Waals surface area contributed by atoms with Crippen molar-refractivity contribution < 1.29 is 14.3 Å². The summed E-state index contributed by atoms with van der Waals surface area (Å²) in [6, 6.07) is 0. The largest absolute Gasteiger partial charge is 0.478 e. The first kappa shape index (κ1) is 8.35. The van der Waals surface area contributed by atoms with Crippen molar-refractivity contribution >= 4 is 5.97 Å². The SMILES string of the molecule is Cc1oc2c(c1C(=O)O)CCCC2. The Kier molecular flexibility index (Phi) is 1.87. The van der Waals surface area contributed by atoms with E-state index in [9.17, 15) is 4.79 Å². The van der Waals surface area contributed by atoms with Crippen LogP contribution in [0.5, 0.6) is 0 Å². The van der Waals surface area contributed by atoms with Gasteiger partial charge in [0.05, 0.1) is 0 Å². The highest BCUT2D eigenvalue weighted by atomic mass is 16.4. The fourth-order valence-electron chi connectivity index (χ4n) is 1.98. The maximum absolute atomic E-state index is 10.9. The lowest BCUT2D eigenvalue weighted by molar-refractivity contribution is 0.0694. The molecule has 1 aromatic heterocycles. The zero-order chi connectivity index (χ0) is 9.42. The number of rotatable bonds is 1. The predicted molar refractivity (Wildman–Crippen MR) is 47.0 cm³/mol. The molecule has 1 aliphatic carbocycles. The summed E-state index contributed by atoms with van der Waals surface area (Å²) in [5.74, 6) is 0.588. The second kappa shape index (κ2) is 2.91. The first-order chi connectivity index (χ1) is 6.20. The molecule has 0 atom stereocenters. The molecule has 2 rings (SSSR count). The van der Waals surface area contributed by atoms with Crippen LogP contribution >= 0.6 is 0 Å². The zero-order valence-corrected chi connectivity index (χ0v) is 7.59. The van der Waals surface area contributed by atoms with Gasteiger partial charge in [-0.2, -0.15) is 0 Å². The van der Waals surface area contributed by atoms with Crippen molar-refractivity contribution in [3.63, 3.8) is 0 Å². The second-order valence-electron chi connectivity index (χ2n) is 3.45. The lowest BCUT2D eigenvalue weighted by Crippen LogP contribution is -2.06. The van der Waals surface area contributed by atoms with E-state index in [0.717, 1.165) is 37.0 Å². The molecule has 1 aliphatic rings. The molecule has 0 saturated carbocycles. The van der Waals surface area contributed by atoms with Gasteiger partial charge in [0.15, 0.2) is 0 Å². The van der Waals surface area contributed by atoms with E-state index in [4.69, 9.17) is 9.52 Å². The predicted octanol–water partition coefficient (Wildman–Crippen LogP) is 2.17. The molecular weight excluding hydrogens is 168 g/mol. The Hall–Kier alpha value is -1.25. The molecule has 13 heavy (non-hydrogen) atoms. The fourth-order valence-corrected chi connectivity index (χ4v) is 1.98. The average molecular weight is 180 g/mol. The Morgan fingerprint density at radius 2 is 2.08 bits per heavy atom. The van der Waals surface area contributed by atoms with E-state index in [2.05, 4.69) is 0 Å². The summed E-state index contributed by atoms with van der Waals surface area (Å²) >= 11 is 0. The van der Waals surface area contributed by atoms with Gasteiger partial charge in [-0.05, 0) is 26.2 Å². The Morgan fingerprint density at radius 3 is 2.77 bits per heavy atom. The van der Waals surface area contributed by atoms with Crippen molar-refractivity contribution in [3.05, 3.63) is 22.6 Å². The number of fused-ring (bicyclic) bond motifs is 1. The summed E-state index contributed by atoms with van der Waals surface area (Å²) < 4.78 is 5.42. The molecule has 0 spiro atoms. The molecule has 70 valence electrons. The Balaban J connectivity index is 2.54. The number of aryl methyl sites for hydroxylation is 2. The molecule has 1 N–H and O–H groups in total. The molecule has 3 heteroatoms. The smallest absolute Gasteiger partial charge is 0.339 e. The molecule has 0 bridgehead atoms. The highest BCUT2D eigenvalue weighted by Gasteiger charge is 2.24. The van der Waals surface area contributed by atoms with E-state index in [0.29, 0.717) is 11.3 Å². The van der Waals surface area contributed by atoms with Gasteiger partial charge >= 0.3 is 5.97 Å². The minimum atomic E-state index is -0.857. The van der Waals surface area contributed by atoms with Crippen molar-refractivity contribution in [1.82, 2.24) is 0 Å². The summed E-state index contributed by atoms with van der Waals surface area (Å²) in [7, 11) is 0. The van der Waals surface area contributed by atoms with E-state index in [1.165, 1.54) is 0 Å². The van der Waals surface area contributed by atoms with Gasteiger partial charge in [-0.15, -0.1) is 0 Å². The third-order valence-corrected chi connectivity index (χ3v) is 2.56. The lowest BCUT2D eigenvalue weighted by atomic mass is 9.95. The minimum Gasteiger partial charge on any atom is -0.478 e. The number of aromatic carboxylic acids is 1. The van der Waals surface area contributed by atoms with Crippen LogP contribution in [0.3, 0.4) is 0 Å². The monoisotopic (exact) mass is 180 g/mol. The second-order valence-corrected chi connectivity index (χ2v) is 3.45. The fraction of sp³-hybridized carbons (Fsp3) is 0.500. The molecule has 0 aromatic carbocycles. The number of hydrogen-bond acceptors (Lipinski definition) is 2.